The summed E-state index contributed by atoms with van der Waals surface area (Å²) in [6.07, 6.45) is 1.79. The van der Waals surface area contributed by atoms with Gasteiger partial charge in [0.05, 0.1) is 5.69 Å². The molecule has 0 aliphatic heterocycles. The molecule has 0 saturated heterocycles. The minimum absolute atomic E-state index is 0.0413. The van der Waals surface area contributed by atoms with Crippen molar-refractivity contribution in [3.8, 4) is 5.75 Å². The minimum Gasteiger partial charge on any atom is -0.484 e. The second-order valence-corrected chi connectivity index (χ2v) is 6.43. The Morgan fingerprint density at radius 2 is 1.77 bits per heavy atom. The number of hydrogen-bond acceptors (Lipinski definition) is 3. The molecule has 0 atom stereocenters. The van der Waals surface area contributed by atoms with Crippen molar-refractivity contribution < 1.29 is 9.53 Å². The first-order chi connectivity index (χ1) is 12.7. The lowest BCUT2D eigenvalue weighted by Gasteiger charge is -2.07. The highest BCUT2D eigenvalue weighted by atomic mass is 79.9. The highest BCUT2D eigenvalue weighted by molar-refractivity contribution is 9.10. The topological polar surface area (TPSA) is 50.7 Å². The number of hydrogen-bond donors (Lipinski definition) is 1. The van der Waals surface area contributed by atoms with Gasteiger partial charge < -0.3 is 10.1 Å². The first kappa shape index (κ1) is 17.9. The number of ether oxygens (including phenoxy) is 1. The molecule has 0 heterocycles. The van der Waals surface area contributed by atoms with E-state index in [9.17, 15) is 4.79 Å². The zero-order chi connectivity index (χ0) is 18.2. The van der Waals surface area contributed by atoms with E-state index in [0.717, 1.165) is 21.4 Å². The van der Waals surface area contributed by atoms with Gasteiger partial charge in [-0.2, -0.15) is 0 Å². The van der Waals surface area contributed by atoms with Crippen LogP contribution in [0.4, 0.5) is 11.4 Å². The van der Waals surface area contributed by atoms with E-state index in [1.54, 1.807) is 6.21 Å². The summed E-state index contributed by atoms with van der Waals surface area (Å²) in [5.74, 6) is 0.435. The average molecular weight is 409 g/mol. The average Bonchev–Trinajstić information content (AvgIpc) is 2.66. The van der Waals surface area contributed by atoms with E-state index in [2.05, 4.69) is 26.2 Å². The van der Waals surface area contributed by atoms with Crippen molar-refractivity contribution in [3.05, 3.63) is 88.9 Å². The van der Waals surface area contributed by atoms with Gasteiger partial charge in [0.15, 0.2) is 6.61 Å². The first-order valence-corrected chi connectivity index (χ1v) is 8.86. The van der Waals surface area contributed by atoms with Crippen molar-refractivity contribution in [1.82, 2.24) is 0 Å². The van der Waals surface area contributed by atoms with E-state index < -0.39 is 0 Å². The Labute approximate surface area is 160 Å². The molecular weight excluding hydrogens is 392 g/mol. The van der Waals surface area contributed by atoms with Gasteiger partial charge in [0, 0.05) is 16.4 Å². The van der Waals surface area contributed by atoms with E-state index in [4.69, 9.17) is 4.74 Å². The number of nitrogens with zero attached hydrogens (tertiary/aromatic N) is 1. The predicted octanol–water partition coefficient (Wildman–Crippen LogP) is 5.22. The summed E-state index contributed by atoms with van der Waals surface area (Å²) in [4.78, 5) is 16.3. The predicted molar refractivity (Wildman–Crippen MR) is 108 cm³/mol. The second kappa shape index (κ2) is 8.97. The molecule has 1 amide bonds. The third kappa shape index (κ3) is 5.57. The second-order valence-electron chi connectivity index (χ2n) is 5.51. The molecule has 3 rings (SSSR count). The maximum Gasteiger partial charge on any atom is 0.262 e. The quantitative estimate of drug-likeness (QED) is 0.568. The first-order valence-electron chi connectivity index (χ1n) is 8.06. The zero-order valence-electron chi connectivity index (χ0n) is 13.9. The van der Waals surface area contributed by atoms with Crippen LogP contribution < -0.4 is 10.1 Å². The highest BCUT2D eigenvalue weighted by Crippen LogP contribution is 2.18. The van der Waals surface area contributed by atoms with E-state index >= 15 is 0 Å². The zero-order valence-corrected chi connectivity index (χ0v) is 15.5. The molecule has 26 heavy (non-hydrogen) atoms. The Bertz CT molecular complexity index is 893. The molecule has 1 N–H and O–H groups in total. The minimum atomic E-state index is -0.198. The molecule has 3 aromatic carbocycles. The maximum absolute atomic E-state index is 11.9. The number of rotatable bonds is 6. The largest absolute Gasteiger partial charge is 0.484 e. The number of carbonyl (C=O) groups is 1. The number of nitrogens with one attached hydrogen (secondary N) is 1. The monoisotopic (exact) mass is 408 g/mol. The smallest absolute Gasteiger partial charge is 0.262 e. The van der Waals surface area contributed by atoms with E-state index in [-0.39, 0.29) is 12.5 Å². The normalized spacial score (nSPS) is 10.7. The Kier molecular flexibility index (Phi) is 6.17. The van der Waals surface area contributed by atoms with Crippen molar-refractivity contribution in [2.75, 3.05) is 11.9 Å². The number of para-hydroxylation sites is 1. The third-order valence-corrected chi connectivity index (χ3v) is 3.97. The summed E-state index contributed by atoms with van der Waals surface area (Å²) >= 11 is 3.42. The van der Waals surface area contributed by atoms with Crippen LogP contribution in [-0.2, 0) is 4.79 Å². The Morgan fingerprint density at radius 1 is 1.00 bits per heavy atom. The van der Waals surface area contributed by atoms with Gasteiger partial charge in [-0.05, 0) is 60.2 Å². The number of halogens is 1. The fourth-order valence-electron chi connectivity index (χ4n) is 2.22. The van der Waals surface area contributed by atoms with Crippen LogP contribution in [0.3, 0.4) is 0 Å². The molecule has 0 aliphatic rings. The fourth-order valence-corrected chi connectivity index (χ4v) is 2.61. The molecule has 0 unspecified atom stereocenters. The van der Waals surface area contributed by atoms with Crippen LogP contribution in [0.5, 0.6) is 5.75 Å². The van der Waals surface area contributed by atoms with Gasteiger partial charge in [-0.25, -0.2) is 0 Å². The fraction of sp³-hybridized carbons (Fsp3) is 0.0476. The van der Waals surface area contributed by atoms with E-state index in [0.29, 0.717) is 5.75 Å². The highest BCUT2D eigenvalue weighted by Gasteiger charge is 2.03. The Balaban J connectivity index is 1.52. The Hall–Kier alpha value is -2.92. The summed E-state index contributed by atoms with van der Waals surface area (Å²) < 4.78 is 6.50. The van der Waals surface area contributed by atoms with Gasteiger partial charge in [0.25, 0.3) is 5.91 Å². The number of carbonyl (C=O) groups excluding carboxylic acids is 1. The molecule has 0 spiro atoms. The molecule has 0 bridgehead atoms. The van der Waals surface area contributed by atoms with Crippen molar-refractivity contribution in [3.63, 3.8) is 0 Å². The summed E-state index contributed by atoms with van der Waals surface area (Å²) in [7, 11) is 0. The molecule has 5 heteroatoms. The number of benzene rings is 3. The van der Waals surface area contributed by atoms with Crippen LogP contribution in [0.2, 0.25) is 0 Å². The number of aliphatic imine (C=N–C) groups is 1. The van der Waals surface area contributed by atoms with Crippen LogP contribution in [0.1, 0.15) is 5.56 Å². The van der Waals surface area contributed by atoms with Crippen LogP contribution in [0, 0.1) is 0 Å². The van der Waals surface area contributed by atoms with Crippen molar-refractivity contribution in [2.24, 2.45) is 4.99 Å². The third-order valence-electron chi connectivity index (χ3n) is 3.48. The molecule has 4 nitrogen and oxygen atoms in total. The maximum atomic E-state index is 11.9. The van der Waals surface area contributed by atoms with Crippen LogP contribution in [0.25, 0.3) is 0 Å². The van der Waals surface area contributed by atoms with Crippen LogP contribution in [0.15, 0.2) is 88.3 Å². The van der Waals surface area contributed by atoms with Gasteiger partial charge in [-0.3, -0.25) is 9.79 Å². The SMILES string of the molecule is O=C(COc1ccc(C=Nc2cccc(Br)c2)cc1)Nc1ccccc1. The molecule has 0 aliphatic carbocycles. The van der Waals surface area contributed by atoms with E-state index in [1.807, 2.05) is 78.9 Å². The summed E-state index contributed by atoms with van der Waals surface area (Å²) in [5.41, 5.74) is 2.57. The van der Waals surface area contributed by atoms with Crippen molar-refractivity contribution >= 4 is 39.4 Å². The number of anilines is 1. The lowest BCUT2D eigenvalue weighted by atomic mass is 10.2. The number of amides is 1. The van der Waals surface area contributed by atoms with E-state index in [1.165, 1.54) is 0 Å². The van der Waals surface area contributed by atoms with Crippen LogP contribution in [-0.4, -0.2) is 18.7 Å². The van der Waals surface area contributed by atoms with Crippen LogP contribution >= 0.6 is 15.9 Å². The molecular formula is C21H17BrN2O2. The van der Waals surface area contributed by atoms with Gasteiger partial charge in [-0.1, -0.05) is 40.2 Å². The summed E-state index contributed by atoms with van der Waals surface area (Å²) in [6, 6.07) is 24.5. The molecule has 3 aromatic rings. The standard InChI is InChI=1S/C21H17BrN2O2/c22-17-5-4-8-19(13-17)23-14-16-9-11-20(12-10-16)26-15-21(25)24-18-6-2-1-3-7-18/h1-14H,15H2,(H,24,25). The van der Waals surface area contributed by atoms with Gasteiger partial charge in [0.2, 0.25) is 0 Å². The van der Waals surface area contributed by atoms with Gasteiger partial charge in [-0.15, -0.1) is 0 Å². The van der Waals surface area contributed by atoms with Crippen molar-refractivity contribution in [2.45, 2.75) is 0 Å². The summed E-state index contributed by atoms with van der Waals surface area (Å²) in [6.45, 7) is -0.0413. The van der Waals surface area contributed by atoms with Gasteiger partial charge in [0.1, 0.15) is 5.75 Å². The lowest BCUT2D eigenvalue weighted by Crippen LogP contribution is -2.20. The molecule has 0 aromatic heterocycles. The lowest BCUT2D eigenvalue weighted by molar-refractivity contribution is -0.118. The molecule has 0 fully saturated rings. The van der Waals surface area contributed by atoms with Crippen molar-refractivity contribution in [1.29, 1.82) is 0 Å². The molecule has 130 valence electrons. The summed E-state index contributed by atoms with van der Waals surface area (Å²) in [5, 5.41) is 2.78. The molecule has 0 radical (unpaired) electrons. The molecule has 0 saturated carbocycles. The van der Waals surface area contributed by atoms with Gasteiger partial charge >= 0.3 is 0 Å². The Morgan fingerprint density at radius 3 is 2.50 bits per heavy atom.